The topological polar surface area (TPSA) is 95.7 Å². The molecule has 0 aliphatic rings. The summed E-state index contributed by atoms with van der Waals surface area (Å²) in [6.07, 6.45) is 0.682. The van der Waals surface area contributed by atoms with E-state index in [0.717, 1.165) is 4.90 Å². The number of nitrogens with two attached hydrogens (primary N) is 1. The van der Waals surface area contributed by atoms with Crippen molar-refractivity contribution >= 4 is 12.0 Å². The van der Waals surface area contributed by atoms with E-state index < -0.39 is 18.0 Å². The standard InChI is InChI=1S/C8H17N3O3/c1-6(7(12)13)11(2)8(14)10-5-3-4-9/h6H,3-5,9H2,1-2H3,(H,10,14)(H,12,13). The first-order chi connectivity index (χ1) is 6.50. The second-order valence-electron chi connectivity index (χ2n) is 3.00. The van der Waals surface area contributed by atoms with Crippen LogP contribution in [0.25, 0.3) is 0 Å². The molecule has 0 aromatic carbocycles. The van der Waals surface area contributed by atoms with Gasteiger partial charge in [-0.05, 0) is 19.9 Å². The molecule has 14 heavy (non-hydrogen) atoms. The van der Waals surface area contributed by atoms with Crippen LogP contribution in [0.1, 0.15) is 13.3 Å². The van der Waals surface area contributed by atoms with E-state index >= 15 is 0 Å². The molecule has 6 heteroatoms. The predicted octanol–water partition coefficient (Wildman–Crippen LogP) is -0.550. The van der Waals surface area contributed by atoms with Gasteiger partial charge in [-0.2, -0.15) is 0 Å². The summed E-state index contributed by atoms with van der Waals surface area (Å²) < 4.78 is 0. The van der Waals surface area contributed by atoms with Gasteiger partial charge < -0.3 is 21.1 Å². The van der Waals surface area contributed by atoms with Gasteiger partial charge in [-0.15, -0.1) is 0 Å². The number of hydrogen-bond acceptors (Lipinski definition) is 3. The zero-order chi connectivity index (χ0) is 11.1. The zero-order valence-corrected chi connectivity index (χ0v) is 8.49. The Hall–Kier alpha value is -1.30. The molecule has 82 valence electrons. The summed E-state index contributed by atoms with van der Waals surface area (Å²) in [4.78, 5) is 22.9. The zero-order valence-electron chi connectivity index (χ0n) is 8.49. The van der Waals surface area contributed by atoms with Crippen molar-refractivity contribution in [1.29, 1.82) is 0 Å². The van der Waals surface area contributed by atoms with E-state index in [0.29, 0.717) is 19.5 Å². The van der Waals surface area contributed by atoms with E-state index in [1.165, 1.54) is 14.0 Å². The number of nitrogens with one attached hydrogen (secondary N) is 1. The maximum atomic E-state index is 11.3. The Kier molecular flexibility index (Phi) is 5.62. The smallest absolute Gasteiger partial charge is 0.326 e. The van der Waals surface area contributed by atoms with Crippen LogP contribution < -0.4 is 11.1 Å². The minimum Gasteiger partial charge on any atom is -0.480 e. The van der Waals surface area contributed by atoms with Crippen LogP contribution in [-0.2, 0) is 4.79 Å². The fourth-order valence-corrected chi connectivity index (χ4v) is 0.764. The Bertz CT molecular complexity index is 208. The summed E-state index contributed by atoms with van der Waals surface area (Å²) in [5.74, 6) is -1.03. The third-order valence-electron chi connectivity index (χ3n) is 1.92. The van der Waals surface area contributed by atoms with Gasteiger partial charge in [-0.3, -0.25) is 0 Å². The van der Waals surface area contributed by atoms with Gasteiger partial charge in [0.05, 0.1) is 0 Å². The Morgan fingerprint density at radius 2 is 2.14 bits per heavy atom. The van der Waals surface area contributed by atoms with Crippen LogP contribution in [0.15, 0.2) is 0 Å². The minimum atomic E-state index is -1.03. The Labute approximate surface area is 83.1 Å². The second kappa shape index (κ2) is 6.20. The maximum Gasteiger partial charge on any atom is 0.326 e. The molecule has 0 heterocycles. The first kappa shape index (κ1) is 12.7. The number of aliphatic carboxylic acids is 1. The summed E-state index contributed by atoms with van der Waals surface area (Å²) in [6, 6.07) is -1.22. The van der Waals surface area contributed by atoms with Gasteiger partial charge in [0.2, 0.25) is 0 Å². The lowest BCUT2D eigenvalue weighted by Crippen LogP contribution is -2.46. The van der Waals surface area contributed by atoms with Crippen LogP contribution in [0.3, 0.4) is 0 Å². The molecule has 0 aromatic heterocycles. The molecule has 0 saturated heterocycles. The number of urea groups is 1. The first-order valence-electron chi connectivity index (χ1n) is 4.44. The predicted molar refractivity (Wildman–Crippen MR) is 51.9 cm³/mol. The molecular weight excluding hydrogens is 186 g/mol. The summed E-state index contributed by atoms with van der Waals surface area (Å²) in [5, 5.41) is 11.2. The number of carbonyl (C=O) groups excluding carboxylic acids is 1. The minimum absolute atomic E-state index is 0.395. The number of hydrogen-bond donors (Lipinski definition) is 3. The van der Waals surface area contributed by atoms with Crippen molar-refractivity contribution in [2.45, 2.75) is 19.4 Å². The van der Waals surface area contributed by atoms with Gasteiger partial charge in [0.15, 0.2) is 0 Å². The molecule has 0 aliphatic carbocycles. The average molecular weight is 203 g/mol. The lowest BCUT2D eigenvalue weighted by molar-refractivity contribution is -0.141. The van der Waals surface area contributed by atoms with Gasteiger partial charge in [-0.25, -0.2) is 9.59 Å². The summed E-state index contributed by atoms with van der Waals surface area (Å²) >= 11 is 0. The molecule has 0 spiro atoms. The van der Waals surface area contributed by atoms with Crippen molar-refractivity contribution < 1.29 is 14.7 Å². The number of likely N-dealkylation sites (N-methyl/N-ethyl adjacent to an activating group) is 1. The highest BCUT2D eigenvalue weighted by Crippen LogP contribution is 1.95. The van der Waals surface area contributed by atoms with Crippen LogP contribution in [0.2, 0.25) is 0 Å². The second-order valence-corrected chi connectivity index (χ2v) is 3.00. The Morgan fingerprint density at radius 1 is 1.57 bits per heavy atom. The van der Waals surface area contributed by atoms with Gasteiger partial charge in [0, 0.05) is 13.6 Å². The Balaban J connectivity index is 3.92. The van der Waals surface area contributed by atoms with Gasteiger partial charge >= 0.3 is 12.0 Å². The molecule has 0 rings (SSSR count). The molecular formula is C8H17N3O3. The number of carboxylic acid groups (broad SMARTS) is 1. The first-order valence-corrected chi connectivity index (χ1v) is 4.44. The average Bonchev–Trinajstić information content (AvgIpc) is 2.15. The third kappa shape index (κ3) is 4.08. The normalized spacial score (nSPS) is 11.9. The van der Waals surface area contributed by atoms with Crippen molar-refractivity contribution in [3.63, 3.8) is 0 Å². The monoisotopic (exact) mass is 203 g/mol. The number of rotatable bonds is 5. The lowest BCUT2D eigenvalue weighted by atomic mass is 10.3. The van der Waals surface area contributed by atoms with E-state index in [9.17, 15) is 9.59 Å². The van der Waals surface area contributed by atoms with Gasteiger partial charge in [0.1, 0.15) is 6.04 Å². The van der Waals surface area contributed by atoms with Crippen molar-refractivity contribution in [1.82, 2.24) is 10.2 Å². The molecule has 0 aliphatic heterocycles. The lowest BCUT2D eigenvalue weighted by Gasteiger charge is -2.21. The van der Waals surface area contributed by atoms with Crippen molar-refractivity contribution in [2.24, 2.45) is 5.73 Å². The van der Waals surface area contributed by atoms with E-state index in [4.69, 9.17) is 10.8 Å². The van der Waals surface area contributed by atoms with Crippen LogP contribution in [0.5, 0.6) is 0 Å². The van der Waals surface area contributed by atoms with Gasteiger partial charge in [-0.1, -0.05) is 0 Å². The third-order valence-corrected chi connectivity index (χ3v) is 1.92. The van der Waals surface area contributed by atoms with E-state index in [-0.39, 0.29) is 0 Å². The number of carbonyl (C=O) groups is 2. The molecule has 0 aromatic rings. The fraction of sp³-hybridized carbons (Fsp3) is 0.750. The molecule has 4 N–H and O–H groups in total. The van der Waals surface area contributed by atoms with Gasteiger partial charge in [0.25, 0.3) is 0 Å². The quantitative estimate of drug-likeness (QED) is 0.522. The van der Waals surface area contributed by atoms with E-state index in [1.807, 2.05) is 0 Å². The van der Waals surface area contributed by atoms with E-state index in [1.54, 1.807) is 0 Å². The van der Waals surface area contributed by atoms with Crippen molar-refractivity contribution in [3.8, 4) is 0 Å². The molecule has 0 radical (unpaired) electrons. The SMILES string of the molecule is CC(C(=O)O)N(C)C(=O)NCCCN. The van der Waals surface area contributed by atoms with Crippen molar-refractivity contribution in [2.75, 3.05) is 20.1 Å². The van der Waals surface area contributed by atoms with Crippen LogP contribution >= 0.6 is 0 Å². The summed E-state index contributed by atoms with van der Waals surface area (Å²) in [5.41, 5.74) is 5.24. The highest BCUT2D eigenvalue weighted by atomic mass is 16.4. The maximum absolute atomic E-state index is 11.3. The van der Waals surface area contributed by atoms with Crippen LogP contribution in [-0.4, -0.2) is 48.2 Å². The summed E-state index contributed by atoms with van der Waals surface area (Å²) in [7, 11) is 1.44. The fourth-order valence-electron chi connectivity index (χ4n) is 0.764. The molecule has 1 atom stereocenters. The summed E-state index contributed by atoms with van der Waals surface area (Å²) in [6.45, 7) is 2.41. The van der Waals surface area contributed by atoms with E-state index in [2.05, 4.69) is 5.32 Å². The van der Waals surface area contributed by atoms with Crippen LogP contribution in [0.4, 0.5) is 4.79 Å². The van der Waals surface area contributed by atoms with Crippen LogP contribution in [0, 0.1) is 0 Å². The molecule has 2 amide bonds. The number of nitrogens with zero attached hydrogens (tertiary/aromatic N) is 1. The number of amides is 2. The van der Waals surface area contributed by atoms with Crippen molar-refractivity contribution in [3.05, 3.63) is 0 Å². The Morgan fingerprint density at radius 3 is 2.57 bits per heavy atom. The molecule has 0 bridgehead atoms. The molecule has 0 fully saturated rings. The number of carboxylic acids is 1. The largest absolute Gasteiger partial charge is 0.480 e. The molecule has 0 saturated carbocycles. The highest BCUT2D eigenvalue weighted by molar-refractivity contribution is 5.82. The molecule has 1 unspecified atom stereocenters. The highest BCUT2D eigenvalue weighted by Gasteiger charge is 2.20. The molecule has 6 nitrogen and oxygen atoms in total.